The first-order valence-corrected chi connectivity index (χ1v) is 7.76. The molecule has 2 N–H and O–H groups in total. The number of nitrogens with zero attached hydrogens (tertiary/aromatic N) is 1. The van der Waals surface area contributed by atoms with E-state index in [1.165, 1.54) is 0 Å². The molecule has 0 unspecified atom stereocenters. The Morgan fingerprint density at radius 3 is 2.62 bits per heavy atom. The number of anilines is 2. The van der Waals surface area contributed by atoms with Gasteiger partial charge >= 0.3 is 0 Å². The number of benzene rings is 2. The standard InChI is InChI=1S/C19H19N3O2/c1-24-13-12-20-16-8-4-5-9-17(16)22-19(23)18-15-7-3-2-6-14(15)10-11-21-18/h2-11,20H,12-13H2,1H3,(H,22,23). The van der Waals surface area contributed by atoms with Crippen molar-refractivity contribution in [3.8, 4) is 0 Å². The SMILES string of the molecule is COCCNc1ccccc1NC(=O)c1nccc2ccccc12. The molecule has 5 nitrogen and oxygen atoms in total. The van der Waals surface area contributed by atoms with Crippen LogP contribution in [0.2, 0.25) is 0 Å². The van der Waals surface area contributed by atoms with E-state index in [1.807, 2.05) is 54.6 Å². The Morgan fingerprint density at radius 1 is 1.04 bits per heavy atom. The first-order chi connectivity index (χ1) is 11.8. The van der Waals surface area contributed by atoms with Crippen molar-refractivity contribution in [3.05, 3.63) is 66.5 Å². The lowest BCUT2D eigenvalue weighted by Crippen LogP contribution is -2.16. The van der Waals surface area contributed by atoms with Gasteiger partial charge < -0.3 is 15.4 Å². The molecule has 5 heteroatoms. The van der Waals surface area contributed by atoms with Gasteiger partial charge in [0.1, 0.15) is 5.69 Å². The largest absolute Gasteiger partial charge is 0.383 e. The van der Waals surface area contributed by atoms with Gasteiger partial charge in [0.2, 0.25) is 0 Å². The highest BCUT2D eigenvalue weighted by molar-refractivity contribution is 6.12. The number of hydrogen-bond donors (Lipinski definition) is 2. The summed E-state index contributed by atoms with van der Waals surface area (Å²) in [5.74, 6) is -0.229. The van der Waals surface area contributed by atoms with Gasteiger partial charge in [-0.2, -0.15) is 0 Å². The van der Waals surface area contributed by atoms with Gasteiger partial charge in [0.05, 0.1) is 18.0 Å². The van der Waals surface area contributed by atoms with Gasteiger partial charge in [0, 0.05) is 25.2 Å². The molecule has 2 aromatic carbocycles. The van der Waals surface area contributed by atoms with Crippen molar-refractivity contribution in [1.82, 2.24) is 4.98 Å². The third-order valence-electron chi connectivity index (χ3n) is 3.69. The molecule has 1 heterocycles. The van der Waals surface area contributed by atoms with Gasteiger partial charge in [-0.1, -0.05) is 36.4 Å². The van der Waals surface area contributed by atoms with E-state index in [9.17, 15) is 4.79 Å². The number of ether oxygens (including phenoxy) is 1. The Kier molecular flexibility index (Phi) is 5.03. The van der Waals surface area contributed by atoms with Crippen LogP contribution in [0.1, 0.15) is 10.5 Å². The second kappa shape index (κ2) is 7.57. The lowest BCUT2D eigenvalue weighted by molar-refractivity contribution is 0.102. The summed E-state index contributed by atoms with van der Waals surface area (Å²) < 4.78 is 5.04. The normalized spacial score (nSPS) is 10.5. The molecule has 0 aliphatic rings. The summed E-state index contributed by atoms with van der Waals surface area (Å²) in [6, 6.07) is 17.2. The molecule has 0 bridgehead atoms. The van der Waals surface area contributed by atoms with Crippen LogP contribution in [0.25, 0.3) is 10.8 Å². The molecule has 0 saturated heterocycles. The van der Waals surface area contributed by atoms with Crippen LogP contribution in [0.15, 0.2) is 60.8 Å². The van der Waals surface area contributed by atoms with Crippen molar-refractivity contribution in [1.29, 1.82) is 0 Å². The van der Waals surface area contributed by atoms with Gasteiger partial charge in [-0.05, 0) is 23.6 Å². The van der Waals surface area contributed by atoms with E-state index in [1.54, 1.807) is 13.3 Å². The number of aromatic nitrogens is 1. The summed E-state index contributed by atoms with van der Waals surface area (Å²) in [6.07, 6.45) is 1.65. The molecule has 1 amide bonds. The summed E-state index contributed by atoms with van der Waals surface area (Å²) in [7, 11) is 1.65. The van der Waals surface area contributed by atoms with Crippen LogP contribution in [0.5, 0.6) is 0 Å². The van der Waals surface area contributed by atoms with E-state index in [0.29, 0.717) is 24.5 Å². The fourth-order valence-electron chi connectivity index (χ4n) is 2.52. The highest BCUT2D eigenvalue weighted by Gasteiger charge is 2.13. The van der Waals surface area contributed by atoms with E-state index < -0.39 is 0 Å². The Labute approximate surface area is 140 Å². The molecular weight excluding hydrogens is 302 g/mol. The number of hydrogen-bond acceptors (Lipinski definition) is 4. The molecule has 3 rings (SSSR count). The Hall–Kier alpha value is -2.92. The van der Waals surface area contributed by atoms with E-state index in [0.717, 1.165) is 16.5 Å². The summed E-state index contributed by atoms with van der Waals surface area (Å²) in [5.41, 5.74) is 1.98. The minimum absolute atomic E-state index is 0.229. The number of rotatable bonds is 6. The van der Waals surface area contributed by atoms with Crippen LogP contribution in [0.4, 0.5) is 11.4 Å². The predicted molar refractivity (Wildman–Crippen MR) is 96.5 cm³/mol. The third kappa shape index (κ3) is 3.52. The van der Waals surface area contributed by atoms with Gasteiger partial charge in [-0.3, -0.25) is 9.78 Å². The highest BCUT2D eigenvalue weighted by atomic mass is 16.5. The molecule has 0 aliphatic carbocycles. The lowest BCUT2D eigenvalue weighted by atomic mass is 10.1. The molecule has 0 fully saturated rings. The van der Waals surface area contributed by atoms with Crippen molar-refractivity contribution in [2.24, 2.45) is 0 Å². The van der Waals surface area contributed by atoms with Crippen LogP contribution in [0, 0.1) is 0 Å². The van der Waals surface area contributed by atoms with Crippen LogP contribution in [-0.2, 0) is 4.74 Å². The smallest absolute Gasteiger partial charge is 0.274 e. The zero-order valence-corrected chi connectivity index (χ0v) is 13.5. The zero-order chi connectivity index (χ0) is 16.8. The fourth-order valence-corrected chi connectivity index (χ4v) is 2.52. The monoisotopic (exact) mass is 321 g/mol. The van der Waals surface area contributed by atoms with Gasteiger partial charge in [-0.15, -0.1) is 0 Å². The zero-order valence-electron chi connectivity index (χ0n) is 13.5. The summed E-state index contributed by atoms with van der Waals surface area (Å²) >= 11 is 0. The maximum atomic E-state index is 12.7. The second-order valence-corrected chi connectivity index (χ2v) is 5.30. The number of carbonyl (C=O) groups excluding carboxylic acids is 1. The number of amides is 1. The fraction of sp³-hybridized carbons (Fsp3) is 0.158. The van der Waals surface area contributed by atoms with Crippen LogP contribution in [-0.4, -0.2) is 31.2 Å². The Morgan fingerprint density at radius 2 is 1.79 bits per heavy atom. The first-order valence-electron chi connectivity index (χ1n) is 7.76. The topological polar surface area (TPSA) is 63.2 Å². The number of nitrogens with one attached hydrogen (secondary N) is 2. The molecule has 3 aromatic rings. The Balaban J connectivity index is 1.84. The predicted octanol–water partition coefficient (Wildman–Crippen LogP) is 3.55. The number of carbonyl (C=O) groups is 1. The molecule has 0 atom stereocenters. The van der Waals surface area contributed by atoms with Crippen LogP contribution >= 0.6 is 0 Å². The Bertz CT molecular complexity index is 843. The number of pyridine rings is 1. The summed E-state index contributed by atoms with van der Waals surface area (Å²) in [5, 5.41) is 8.01. The maximum absolute atomic E-state index is 12.7. The lowest BCUT2D eigenvalue weighted by Gasteiger charge is -2.13. The van der Waals surface area contributed by atoms with E-state index >= 15 is 0 Å². The maximum Gasteiger partial charge on any atom is 0.274 e. The molecule has 122 valence electrons. The van der Waals surface area contributed by atoms with Crippen molar-refractivity contribution >= 4 is 28.1 Å². The minimum Gasteiger partial charge on any atom is -0.383 e. The average Bonchev–Trinajstić information content (AvgIpc) is 2.63. The first kappa shape index (κ1) is 16.0. The van der Waals surface area contributed by atoms with Gasteiger partial charge in [0.25, 0.3) is 5.91 Å². The van der Waals surface area contributed by atoms with Crippen LogP contribution < -0.4 is 10.6 Å². The van der Waals surface area contributed by atoms with Crippen molar-refractivity contribution < 1.29 is 9.53 Å². The molecular formula is C19H19N3O2. The molecule has 0 aliphatic heterocycles. The number of methoxy groups -OCH3 is 1. The number of fused-ring (bicyclic) bond motifs is 1. The van der Waals surface area contributed by atoms with E-state index in [4.69, 9.17) is 4.74 Å². The highest BCUT2D eigenvalue weighted by Crippen LogP contribution is 2.23. The average molecular weight is 321 g/mol. The molecule has 0 spiro atoms. The van der Waals surface area contributed by atoms with Crippen molar-refractivity contribution in [3.63, 3.8) is 0 Å². The summed E-state index contributed by atoms with van der Waals surface area (Å²) in [6.45, 7) is 1.25. The second-order valence-electron chi connectivity index (χ2n) is 5.30. The van der Waals surface area contributed by atoms with Crippen molar-refractivity contribution in [2.75, 3.05) is 30.9 Å². The quantitative estimate of drug-likeness (QED) is 0.682. The molecule has 0 radical (unpaired) electrons. The number of para-hydroxylation sites is 2. The van der Waals surface area contributed by atoms with E-state index in [2.05, 4.69) is 15.6 Å². The van der Waals surface area contributed by atoms with Gasteiger partial charge in [-0.25, -0.2) is 0 Å². The molecule has 0 saturated carbocycles. The summed E-state index contributed by atoms with van der Waals surface area (Å²) in [4.78, 5) is 16.9. The third-order valence-corrected chi connectivity index (χ3v) is 3.69. The molecule has 1 aromatic heterocycles. The van der Waals surface area contributed by atoms with Gasteiger partial charge in [0.15, 0.2) is 0 Å². The van der Waals surface area contributed by atoms with Crippen molar-refractivity contribution in [2.45, 2.75) is 0 Å². The van der Waals surface area contributed by atoms with E-state index in [-0.39, 0.29) is 5.91 Å². The minimum atomic E-state index is -0.229. The molecule has 24 heavy (non-hydrogen) atoms. The van der Waals surface area contributed by atoms with Crippen LogP contribution in [0.3, 0.4) is 0 Å².